The Hall–Kier alpha value is -1.58. The Balaban J connectivity index is 2.54. The van der Waals surface area contributed by atoms with Crippen LogP contribution in [0.4, 0.5) is 0 Å². The summed E-state index contributed by atoms with van der Waals surface area (Å²) in [6.07, 6.45) is 0. The summed E-state index contributed by atoms with van der Waals surface area (Å²) >= 11 is 0. The molecule has 2 aromatic carbocycles. The Bertz CT molecular complexity index is 495. The molecular formula is C15H17BO2. The molecule has 0 atom stereocenters. The molecule has 0 aliphatic rings. The maximum absolute atomic E-state index is 9.36. The highest BCUT2D eigenvalue weighted by atomic mass is 16.4. The van der Waals surface area contributed by atoms with Gasteiger partial charge in [0.15, 0.2) is 0 Å². The van der Waals surface area contributed by atoms with Gasteiger partial charge in [0, 0.05) is 0 Å². The fourth-order valence-corrected chi connectivity index (χ4v) is 1.96. The zero-order valence-electron chi connectivity index (χ0n) is 10.7. The molecule has 92 valence electrons. The van der Waals surface area contributed by atoms with E-state index in [1.165, 1.54) is 0 Å². The Morgan fingerprint density at radius 1 is 0.889 bits per heavy atom. The largest absolute Gasteiger partial charge is 0.488 e. The maximum atomic E-state index is 9.36. The minimum absolute atomic E-state index is 0.353. The average Bonchev–Trinajstić information content (AvgIpc) is 2.39. The third-order valence-corrected chi connectivity index (χ3v) is 3.05. The Morgan fingerprint density at radius 2 is 1.56 bits per heavy atom. The van der Waals surface area contributed by atoms with Gasteiger partial charge in [-0.1, -0.05) is 62.4 Å². The van der Waals surface area contributed by atoms with Crippen LogP contribution >= 0.6 is 0 Å². The molecule has 0 saturated carbocycles. The molecule has 0 radical (unpaired) electrons. The molecule has 0 heterocycles. The summed E-state index contributed by atoms with van der Waals surface area (Å²) in [5.41, 5.74) is 3.76. The molecule has 2 N–H and O–H groups in total. The van der Waals surface area contributed by atoms with E-state index in [9.17, 15) is 10.0 Å². The summed E-state index contributed by atoms with van der Waals surface area (Å²) in [5, 5.41) is 18.7. The summed E-state index contributed by atoms with van der Waals surface area (Å²) in [6.45, 7) is 4.19. The first-order valence-electron chi connectivity index (χ1n) is 6.14. The molecule has 18 heavy (non-hydrogen) atoms. The summed E-state index contributed by atoms with van der Waals surface area (Å²) in [4.78, 5) is 0. The molecule has 2 aromatic rings. The van der Waals surface area contributed by atoms with Gasteiger partial charge in [-0.2, -0.15) is 0 Å². The van der Waals surface area contributed by atoms with Gasteiger partial charge in [-0.15, -0.1) is 0 Å². The first-order valence-corrected chi connectivity index (χ1v) is 6.14. The first-order chi connectivity index (χ1) is 8.58. The normalized spacial score (nSPS) is 10.7. The van der Waals surface area contributed by atoms with Gasteiger partial charge in [-0.05, 0) is 28.1 Å². The van der Waals surface area contributed by atoms with Gasteiger partial charge in [-0.3, -0.25) is 0 Å². The van der Waals surface area contributed by atoms with Crippen molar-refractivity contribution in [2.45, 2.75) is 19.8 Å². The highest BCUT2D eigenvalue weighted by Crippen LogP contribution is 2.23. The van der Waals surface area contributed by atoms with E-state index in [0.717, 1.165) is 16.7 Å². The van der Waals surface area contributed by atoms with Crippen molar-refractivity contribution >= 4 is 12.6 Å². The predicted octanol–water partition coefficient (Wildman–Crippen LogP) is 2.16. The van der Waals surface area contributed by atoms with Crippen molar-refractivity contribution < 1.29 is 10.0 Å². The molecule has 0 aliphatic heterocycles. The van der Waals surface area contributed by atoms with E-state index in [4.69, 9.17) is 0 Å². The topological polar surface area (TPSA) is 40.5 Å². The van der Waals surface area contributed by atoms with Crippen LogP contribution in [0.1, 0.15) is 25.3 Å². The van der Waals surface area contributed by atoms with Gasteiger partial charge in [0.2, 0.25) is 0 Å². The molecule has 2 nitrogen and oxygen atoms in total. The van der Waals surface area contributed by atoms with E-state index in [1.807, 2.05) is 42.5 Å². The average molecular weight is 240 g/mol. The zero-order valence-corrected chi connectivity index (χ0v) is 10.7. The SMILES string of the molecule is CC(C)c1cc(B(O)O)cc(-c2ccccc2)c1. The van der Waals surface area contributed by atoms with Crippen molar-refractivity contribution in [2.24, 2.45) is 0 Å². The van der Waals surface area contributed by atoms with Gasteiger partial charge in [0.1, 0.15) is 0 Å². The molecule has 0 aromatic heterocycles. The maximum Gasteiger partial charge on any atom is 0.488 e. The summed E-state index contributed by atoms with van der Waals surface area (Å²) in [5.74, 6) is 0.353. The summed E-state index contributed by atoms with van der Waals surface area (Å²) in [6, 6.07) is 15.7. The molecular weight excluding hydrogens is 223 g/mol. The van der Waals surface area contributed by atoms with Crippen LogP contribution in [0.2, 0.25) is 0 Å². The Morgan fingerprint density at radius 3 is 2.11 bits per heavy atom. The minimum atomic E-state index is -1.42. The molecule has 0 fully saturated rings. The smallest absolute Gasteiger partial charge is 0.423 e. The molecule has 0 saturated heterocycles. The van der Waals surface area contributed by atoms with Gasteiger partial charge in [-0.25, -0.2) is 0 Å². The van der Waals surface area contributed by atoms with Gasteiger partial charge < -0.3 is 10.0 Å². The molecule has 0 bridgehead atoms. The van der Waals surface area contributed by atoms with Crippen LogP contribution in [0.15, 0.2) is 48.5 Å². The van der Waals surface area contributed by atoms with Crippen molar-refractivity contribution in [1.82, 2.24) is 0 Å². The fourth-order valence-electron chi connectivity index (χ4n) is 1.96. The molecule has 0 aliphatic carbocycles. The van der Waals surface area contributed by atoms with Crippen LogP contribution in [0.5, 0.6) is 0 Å². The quantitative estimate of drug-likeness (QED) is 0.807. The second kappa shape index (κ2) is 5.38. The van der Waals surface area contributed by atoms with E-state index in [1.54, 1.807) is 0 Å². The molecule has 3 heteroatoms. The van der Waals surface area contributed by atoms with Crippen LogP contribution < -0.4 is 5.46 Å². The Labute approximate surface area is 108 Å². The van der Waals surface area contributed by atoms with Gasteiger partial charge in [0.05, 0.1) is 0 Å². The molecule has 0 unspecified atom stereocenters. The lowest BCUT2D eigenvalue weighted by atomic mass is 9.77. The van der Waals surface area contributed by atoms with E-state index in [2.05, 4.69) is 19.9 Å². The van der Waals surface area contributed by atoms with E-state index >= 15 is 0 Å². The van der Waals surface area contributed by atoms with Crippen LogP contribution in [0.3, 0.4) is 0 Å². The molecule has 0 spiro atoms. The van der Waals surface area contributed by atoms with Crippen LogP contribution in [-0.4, -0.2) is 17.2 Å². The van der Waals surface area contributed by atoms with Crippen LogP contribution in [0.25, 0.3) is 11.1 Å². The number of benzene rings is 2. The second-order valence-corrected chi connectivity index (χ2v) is 4.78. The van der Waals surface area contributed by atoms with Crippen molar-refractivity contribution in [3.63, 3.8) is 0 Å². The third kappa shape index (κ3) is 2.81. The zero-order chi connectivity index (χ0) is 13.1. The van der Waals surface area contributed by atoms with Crippen molar-refractivity contribution in [2.75, 3.05) is 0 Å². The lowest BCUT2D eigenvalue weighted by Crippen LogP contribution is -2.30. The second-order valence-electron chi connectivity index (χ2n) is 4.78. The molecule has 2 rings (SSSR count). The third-order valence-electron chi connectivity index (χ3n) is 3.05. The Kier molecular flexibility index (Phi) is 3.85. The molecule has 0 amide bonds. The van der Waals surface area contributed by atoms with E-state index in [0.29, 0.717) is 11.4 Å². The fraction of sp³-hybridized carbons (Fsp3) is 0.200. The van der Waals surface area contributed by atoms with Crippen molar-refractivity contribution in [1.29, 1.82) is 0 Å². The monoisotopic (exact) mass is 240 g/mol. The number of rotatable bonds is 3. The number of hydrogen-bond acceptors (Lipinski definition) is 2. The van der Waals surface area contributed by atoms with Crippen LogP contribution in [0, 0.1) is 0 Å². The van der Waals surface area contributed by atoms with Gasteiger partial charge >= 0.3 is 7.12 Å². The lowest BCUT2D eigenvalue weighted by Gasteiger charge is -2.12. The summed E-state index contributed by atoms with van der Waals surface area (Å²) in [7, 11) is -1.42. The van der Waals surface area contributed by atoms with Crippen molar-refractivity contribution in [3.05, 3.63) is 54.1 Å². The number of hydrogen-bond donors (Lipinski definition) is 2. The predicted molar refractivity (Wildman–Crippen MR) is 75.8 cm³/mol. The van der Waals surface area contributed by atoms with E-state index in [-0.39, 0.29) is 0 Å². The lowest BCUT2D eigenvalue weighted by molar-refractivity contribution is 0.425. The minimum Gasteiger partial charge on any atom is -0.423 e. The summed E-state index contributed by atoms with van der Waals surface area (Å²) < 4.78 is 0. The van der Waals surface area contributed by atoms with Gasteiger partial charge in [0.25, 0.3) is 0 Å². The van der Waals surface area contributed by atoms with Crippen LogP contribution in [-0.2, 0) is 0 Å². The highest BCUT2D eigenvalue weighted by Gasteiger charge is 2.14. The van der Waals surface area contributed by atoms with E-state index < -0.39 is 7.12 Å². The first kappa shape index (κ1) is 12.9. The van der Waals surface area contributed by atoms with Crippen molar-refractivity contribution in [3.8, 4) is 11.1 Å². The highest BCUT2D eigenvalue weighted by molar-refractivity contribution is 6.58. The standard InChI is InChI=1S/C15H17BO2/c1-11(2)13-8-14(10-15(9-13)16(17)18)12-6-4-3-5-7-12/h3-11,17-18H,1-2H3.